The Morgan fingerprint density at radius 3 is 2.36 bits per heavy atom. The van der Waals surface area contributed by atoms with Crippen LogP contribution >= 0.6 is 24.0 Å². The minimum atomic E-state index is -3.12. The molecule has 25 heavy (non-hydrogen) atoms. The molecule has 0 aromatic heterocycles. The van der Waals surface area contributed by atoms with Crippen LogP contribution in [-0.4, -0.2) is 59.5 Å². The summed E-state index contributed by atoms with van der Waals surface area (Å²) in [5.74, 6) is 0.764. The van der Waals surface area contributed by atoms with E-state index in [2.05, 4.69) is 34.2 Å². The molecular weight excluding hydrogens is 455 g/mol. The summed E-state index contributed by atoms with van der Waals surface area (Å²) in [5, 5.41) is 6.76. The lowest BCUT2D eigenvalue weighted by Crippen LogP contribution is -2.65. The van der Waals surface area contributed by atoms with Crippen molar-refractivity contribution in [2.45, 2.75) is 58.6 Å². The van der Waals surface area contributed by atoms with Gasteiger partial charge in [-0.1, -0.05) is 13.8 Å². The third-order valence-corrected chi connectivity index (χ3v) is 5.74. The fourth-order valence-electron chi connectivity index (χ4n) is 3.50. The molecule has 0 aromatic carbocycles. The summed E-state index contributed by atoms with van der Waals surface area (Å²) >= 11 is 0. The first-order valence-electron chi connectivity index (χ1n) is 8.86. The van der Waals surface area contributed by atoms with Crippen LogP contribution in [0.1, 0.15) is 46.5 Å². The van der Waals surface area contributed by atoms with E-state index in [1.807, 2.05) is 6.92 Å². The number of rotatable bonds is 10. The number of sulfonamides is 1. The van der Waals surface area contributed by atoms with Crippen molar-refractivity contribution in [3.63, 3.8) is 0 Å². The van der Waals surface area contributed by atoms with Crippen LogP contribution in [0.4, 0.5) is 0 Å². The van der Waals surface area contributed by atoms with Crippen molar-refractivity contribution in [2.75, 3.05) is 33.0 Å². The average molecular weight is 490 g/mol. The third-order valence-electron chi connectivity index (χ3n) is 5.01. The molecule has 7 nitrogen and oxygen atoms in total. The number of nitrogens with zero attached hydrogens (tertiary/aromatic N) is 1. The summed E-state index contributed by atoms with van der Waals surface area (Å²) in [5.41, 5.74) is 0.158. The van der Waals surface area contributed by atoms with Crippen molar-refractivity contribution in [2.24, 2.45) is 10.4 Å². The average Bonchev–Trinajstić information content (AvgIpc) is 2.52. The number of ether oxygens (including phenoxy) is 1. The molecule has 1 fully saturated rings. The van der Waals surface area contributed by atoms with Gasteiger partial charge < -0.3 is 15.4 Å². The van der Waals surface area contributed by atoms with E-state index < -0.39 is 10.0 Å². The zero-order valence-electron chi connectivity index (χ0n) is 16.1. The lowest BCUT2D eigenvalue weighted by molar-refractivity contribution is -0.133. The predicted octanol–water partition coefficient (Wildman–Crippen LogP) is 1.69. The smallest absolute Gasteiger partial charge is 0.208 e. The maximum absolute atomic E-state index is 11.0. The predicted molar refractivity (Wildman–Crippen MR) is 114 cm³/mol. The van der Waals surface area contributed by atoms with E-state index >= 15 is 0 Å². The molecule has 2 atom stereocenters. The highest BCUT2D eigenvalue weighted by molar-refractivity contribution is 14.0. The number of hydrogen-bond donors (Lipinski definition) is 3. The molecule has 0 spiro atoms. The van der Waals surface area contributed by atoms with Gasteiger partial charge in [0.2, 0.25) is 10.0 Å². The lowest BCUT2D eigenvalue weighted by atomic mass is 9.58. The highest BCUT2D eigenvalue weighted by Crippen LogP contribution is 2.48. The molecule has 150 valence electrons. The molecule has 9 heteroatoms. The Hall–Kier alpha value is -0.130. The van der Waals surface area contributed by atoms with E-state index in [-0.39, 0.29) is 29.4 Å². The van der Waals surface area contributed by atoms with Gasteiger partial charge in [0.1, 0.15) is 0 Å². The minimum absolute atomic E-state index is 0. The van der Waals surface area contributed by atoms with Crippen LogP contribution in [0, 0.1) is 5.41 Å². The van der Waals surface area contributed by atoms with E-state index in [9.17, 15) is 8.42 Å². The standard InChI is InChI=1S/C16H34N4O3S.HI/c1-6-16(7-2)13(12-14(16)23-8-3)20-15(17-4)18-10-9-11-19-24(5,21)22;/h13-14,19H,6-12H2,1-5H3,(H2,17,18,20);1H. The monoisotopic (exact) mass is 490 g/mol. The third kappa shape index (κ3) is 7.18. The Kier molecular flexibility index (Phi) is 11.5. The van der Waals surface area contributed by atoms with Crippen molar-refractivity contribution in [1.29, 1.82) is 0 Å². The van der Waals surface area contributed by atoms with E-state index in [0.717, 1.165) is 31.8 Å². The Morgan fingerprint density at radius 2 is 1.88 bits per heavy atom. The van der Waals surface area contributed by atoms with Crippen LogP contribution < -0.4 is 15.4 Å². The van der Waals surface area contributed by atoms with E-state index in [1.54, 1.807) is 7.05 Å². The van der Waals surface area contributed by atoms with Crippen molar-refractivity contribution < 1.29 is 13.2 Å². The first kappa shape index (κ1) is 24.9. The summed E-state index contributed by atoms with van der Waals surface area (Å²) < 4.78 is 30.4. The molecule has 3 N–H and O–H groups in total. The molecule has 0 aliphatic heterocycles. The molecule has 2 unspecified atom stereocenters. The number of aliphatic imine (C=N–C) groups is 1. The Bertz CT molecular complexity index is 510. The van der Waals surface area contributed by atoms with Crippen LogP contribution in [0.2, 0.25) is 0 Å². The molecule has 1 saturated carbocycles. The summed E-state index contributed by atoms with van der Waals surface area (Å²) in [6.45, 7) is 8.32. The first-order valence-corrected chi connectivity index (χ1v) is 10.8. The second-order valence-corrected chi connectivity index (χ2v) is 8.17. The zero-order chi connectivity index (χ0) is 18.2. The van der Waals surface area contributed by atoms with Crippen molar-refractivity contribution >= 4 is 40.0 Å². The summed E-state index contributed by atoms with van der Waals surface area (Å²) in [4.78, 5) is 4.28. The number of nitrogens with one attached hydrogen (secondary N) is 3. The van der Waals surface area contributed by atoms with E-state index in [1.165, 1.54) is 6.26 Å². The second kappa shape index (κ2) is 11.6. The quantitative estimate of drug-likeness (QED) is 0.188. The van der Waals surface area contributed by atoms with Crippen molar-refractivity contribution in [3.05, 3.63) is 0 Å². The van der Waals surface area contributed by atoms with Gasteiger partial charge in [0.15, 0.2) is 5.96 Å². The SMILES string of the molecule is CCOC1CC(NC(=NC)NCCCNS(C)(=O)=O)C1(CC)CC.I. The maximum Gasteiger partial charge on any atom is 0.208 e. The zero-order valence-corrected chi connectivity index (χ0v) is 19.2. The van der Waals surface area contributed by atoms with Gasteiger partial charge in [0, 0.05) is 38.2 Å². The molecule has 1 rings (SSSR count). The van der Waals surface area contributed by atoms with E-state index in [4.69, 9.17) is 4.74 Å². The highest BCUT2D eigenvalue weighted by atomic mass is 127. The molecule has 0 heterocycles. The van der Waals surface area contributed by atoms with Crippen molar-refractivity contribution in [1.82, 2.24) is 15.4 Å². The highest BCUT2D eigenvalue weighted by Gasteiger charge is 2.53. The molecule has 0 saturated heterocycles. The van der Waals surface area contributed by atoms with Crippen LogP contribution in [0.3, 0.4) is 0 Å². The molecule has 1 aliphatic rings. The van der Waals surface area contributed by atoms with Gasteiger partial charge in [-0.25, -0.2) is 13.1 Å². The van der Waals surface area contributed by atoms with Gasteiger partial charge in [-0.15, -0.1) is 24.0 Å². The van der Waals surface area contributed by atoms with Gasteiger partial charge in [-0.2, -0.15) is 0 Å². The number of halogens is 1. The van der Waals surface area contributed by atoms with Gasteiger partial charge in [0.25, 0.3) is 0 Å². The van der Waals surface area contributed by atoms with Gasteiger partial charge in [0.05, 0.1) is 12.4 Å². The van der Waals surface area contributed by atoms with E-state index in [0.29, 0.717) is 31.7 Å². The second-order valence-electron chi connectivity index (χ2n) is 6.34. The lowest BCUT2D eigenvalue weighted by Gasteiger charge is -2.55. The molecule has 0 bridgehead atoms. The van der Waals surface area contributed by atoms with Gasteiger partial charge in [-0.3, -0.25) is 4.99 Å². The van der Waals surface area contributed by atoms with Crippen molar-refractivity contribution in [3.8, 4) is 0 Å². The fourth-order valence-corrected chi connectivity index (χ4v) is 4.01. The normalized spacial score (nSPS) is 22.7. The summed E-state index contributed by atoms with van der Waals surface area (Å²) in [7, 11) is -1.36. The van der Waals surface area contributed by atoms with Crippen LogP contribution in [0.5, 0.6) is 0 Å². The summed E-state index contributed by atoms with van der Waals surface area (Å²) in [6, 6.07) is 0.351. The molecule has 0 radical (unpaired) electrons. The number of guanidine groups is 1. The van der Waals surface area contributed by atoms with Gasteiger partial charge >= 0.3 is 0 Å². The van der Waals surface area contributed by atoms with Crippen LogP contribution in [-0.2, 0) is 14.8 Å². The summed E-state index contributed by atoms with van der Waals surface area (Å²) in [6.07, 6.45) is 5.31. The maximum atomic E-state index is 11.0. The number of hydrogen-bond acceptors (Lipinski definition) is 4. The Morgan fingerprint density at radius 1 is 1.24 bits per heavy atom. The molecular formula is C16H35IN4O3S. The molecule has 1 aliphatic carbocycles. The van der Waals surface area contributed by atoms with Gasteiger partial charge in [-0.05, 0) is 32.6 Å². The Balaban J connectivity index is 0.00000576. The van der Waals surface area contributed by atoms with Crippen LogP contribution in [0.25, 0.3) is 0 Å². The topological polar surface area (TPSA) is 91.8 Å². The van der Waals surface area contributed by atoms with Crippen LogP contribution in [0.15, 0.2) is 4.99 Å². The molecule has 0 aromatic rings. The fraction of sp³-hybridized carbons (Fsp3) is 0.938. The first-order chi connectivity index (χ1) is 11.3. The Labute approximate surface area is 170 Å². The minimum Gasteiger partial charge on any atom is -0.378 e. The largest absolute Gasteiger partial charge is 0.378 e. The molecule has 0 amide bonds.